The van der Waals surface area contributed by atoms with Crippen molar-refractivity contribution in [1.82, 2.24) is 19.3 Å². The van der Waals surface area contributed by atoms with Gasteiger partial charge in [-0.25, -0.2) is 9.78 Å². The summed E-state index contributed by atoms with van der Waals surface area (Å²) in [6, 6.07) is 4.27. The lowest BCUT2D eigenvalue weighted by molar-refractivity contribution is -0.143. The third-order valence-electron chi connectivity index (χ3n) is 8.37. The van der Waals surface area contributed by atoms with Crippen LogP contribution in [-0.2, 0) is 21.5 Å². The van der Waals surface area contributed by atoms with E-state index in [-0.39, 0.29) is 29.6 Å². The molecule has 36 heavy (non-hydrogen) atoms. The van der Waals surface area contributed by atoms with E-state index in [2.05, 4.69) is 15.7 Å². The van der Waals surface area contributed by atoms with E-state index in [0.29, 0.717) is 17.9 Å². The molecule has 0 radical (unpaired) electrons. The van der Waals surface area contributed by atoms with Crippen LogP contribution in [0, 0.1) is 5.92 Å². The average Bonchev–Trinajstić information content (AvgIpc) is 3.40. The number of imidazole rings is 1. The van der Waals surface area contributed by atoms with Crippen molar-refractivity contribution in [1.29, 1.82) is 0 Å². The van der Waals surface area contributed by atoms with Crippen LogP contribution in [0.4, 0.5) is 10.5 Å². The lowest BCUT2D eigenvalue weighted by Crippen LogP contribution is -2.42. The van der Waals surface area contributed by atoms with E-state index < -0.39 is 5.97 Å². The fourth-order valence-corrected chi connectivity index (χ4v) is 6.40. The molecule has 190 valence electrons. The Morgan fingerprint density at radius 3 is 2.53 bits per heavy atom. The Labute approximate surface area is 214 Å². The fraction of sp³-hybridized carbons (Fsp3) is 0.538. The molecule has 10 heteroatoms. The molecule has 2 fully saturated rings. The molecule has 2 saturated carbocycles. The molecule has 3 aromatic rings. The van der Waals surface area contributed by atoms with Gasteiger partial charge in [0.05, 0.1) is 41.0 Å². The highest BCUT2D eigenvalue weighted by atomic mass is 35.5. The van der Waals surface area contributed by atoms with Crippen molar-refractivity contribution in [3.63, 3.8) is 0 Å². The molecular weight excluding hydrogens is 482 g/mol. The molecule has 1 atom stereocenters. The minimum atomic E-state index is -0.708. The highest BCUT2D eigenvalue weighted by molar-refractivity contribution is 6.30. The summed E-state index contributed by atoms with van der Waals surface area (Å²) in [7, 11) is 1.41. The highest BCUT2D eigenvalue weighted by Crippen LogP contribution is 2.52. The van der Waals surface area contributed by atoms with Gasteiger partial charge in [0.25, 0.3) is 0 Å². The van der Waals surface area contributed by atoms with Crippen molar-refractivity contribution >= 4 is 40.4 Å². The quantitative estimate of drug-likeness (QED) is 0.520. The van der Waals surface area contributed by atoms with Gasteiger partial charge in [0.15, 0.2) is 0 Å². The summed E-state index contributed by atoms with van der Waals surface area (Å²) in [6.07, 6.45) is 9.49. The molecule has 6 rings (SSSR count). The molecule has 3 aliphatic rings. The molecule has 9 nitrogen and oxygen atoms in total. The number of carboxylic acid groups (broad SMARTS) is 1. The number of carbonyl (C=O) groups is 2. The number of methoxy groups -OCH3 is 1. The van der Waals surface area contributed by atoms with Crippen LogP contribution in [0.1, 0.15) is 69.3 Å². The molecule has 1 aliphatic heterocycles. The van der Waals surface area contributed by atoms with Crippen molar-refractivity contribution < 1.29 is 19.4 Å². The first-order chi connectivity index (χ1) is 17.3. The maximum atomic E-state index is 12.6. The number of halogens is 1. The van der Waals surface area contributed by atoms with Gasteiger partial charge in [0, 0.05) is 23.8 Å². The Morgan fingerprint density at radius 2 is 1.92 bits per heavy atom. The van der Waals surface area contributed by atoms with Gasteiger partial charge in [0.2, 0.25) is 0 Å². The van der Waals surface area contributed by atoms with Crippen LogP contribution in [0.5, 0.6) is 0 Å². The summed E-state index contributed by atoms with van der Waals surface area (Å²) in [6.45, 7) is 2.04. The van der Waals surface area contributed by atoms with Gasteiger partial charge < -0.3 is 14.4 Å². The topological polar surface area (TPSA) is 102 Å². The Hall–Kier alpha value is -3.07. The Kier molecular flexibility index (Phi) is 5.51. The summed E-state index contributed by atoms with van der Waals surface area (Å²) in [5.74, 6) is -0.0464. The first-order valence-electron chi connectivity index (χ1n) is 12.7. The third kappa shape index (κ3) is 3.50. The minimum absolute atomic E-state index is 0.0382. The second-order valence-electron chi connectivity index (χ2n) is 10.4. The predicted octanol–water partition coefficient (Wildman–Crippen LogP) is 5.15. The van der Waals surface area contributed by atoms with E-state index >= 15 is 0 Å². The van der Waals surface area contributed by atoms with Crippen LogP contribution in [0.25, 0.3) is 11.0 Å². The monoisotopic (exact) mass is 511 g/mol. The minimum Gasteiger partial charge on any atom is -0.481 e. The number of carbonyl (C=O) groups excluding carboxylic acids is 1. The first kappa shape index (κ1) is 23.3. The molecule has 2 aromatic heterocycles. The number of benzene rings is 1. The Balaban J connectivity index is 1.52. The molecule has 0 bridgehead atoms. The average molecular weight is 512 g/mol. The molecule has 3 heterocycles. The maximum absolute atomic E-state index is 12.6. The van der Waals surface area contributed by atoms with E-state index in [1.165, 1.54) is 7.11 Å². The molecule has 1 aromatic carbocycles. The van der Waals surface area contributed by atoms with Crippen molar-refractivity contribution in [2.45, 2.75) is 75.9 Å². The molecular formula is C26H30ClN5O4. The Morgan fingerprint density at radius 1 is 1.17 bits per heavy atom. The number of aryl methyl sites for hydroxylation is 1. The highest BCUT2D eigenvalue weighted by Gasteiger charge is 2.52. The van der Waals surface area contributed by atoms with Crippen molar-refractivity contribution in [3.05, 3.63) is 40.9 Å². The molecule has 0 unspecified atom stereocenters. The number of hydrogen-bond donors (Lipinski definition) is 1. The molecule has 0 saturated heterocycles. The van der Waals surface area contributed by atoms with Gasteiger partial charge in [-0.15, -0.1) is 0 Å². The van der Waals surface area contributed by atoms with E-state index in [9.17, 15) is 14.7 Å². The first-order valence-corrected chi connectivity index (χ1v) is 13.1. The van der Waals surface area contributed by atoms with Gasteiger partial charge >= 0.3 is 12.1 Å². The number of aliphatic carboxylic acids is 1. The number of hydrogen-bond acceptors (Lipinski definition) is 5. The zero-order chi connectivity index (χ0) is 25.2. The number of anilines is 1. The summed E-state index contributed by atoms with van der Waals surface area (Å²) in [4.78, 5) is 31.3. The summed E-state index contributed by atoms with van der Waals surface area (Å²) >= 11 is 6.25. The van der Waals surface area contributed by atoms with Crippen LogP contribution < -0.4 is 4.90 Å². The number of amides is 1. The zero-order valence-electron chi connectivity index (χ0n) is 20.5. The summed E-state index contributed by atoms with van der Waals surface area (Å²) in [5.41, 5.74) is 3.49. The maximum Gasteiger partial charge on any atom is 0.414 e. The third-order valence-corrected chi connectivity index (χ3v) is 8.56. The van der Waals surface area contributed by atoms with E-state index in [1.54, 1.807) is 11.1 Å². The van der Waals surface area contributed by atoms with Crippen molar-refractivity contribution in [2.24, 2.45) is 5.92 Å². The standard InChI is InChI=1S/C26H30ClN5O4/c1-15-3-8-19-20(31(15)25(35)36-2)9-10-21-22(19)29-24(26(11-12-26)30-14-17(27)13-28-30)32(21)18-6-4-16(5-7-18)23(33)34/h9-10,13-16,18H,3-8,11-12H2,1-2H3,(H,33,34)/t15-,16?,18?/m0/s1. The van der Waals surface area contributed by atoms with Crippen LogP contribution in [-0.4, -0.2) is 49.7 Å². The summed E-state index contributed by atoms with van der Waals surface area (Å²) in [5, 5.41) is 14.7. The van der Waals surface area contributed by atoms with Gasteiger partial charge in [-0.3, -0.25) is 14.4 Å². The van der Waals surface area contributed by atoms with Gasteiger partial charge in [-0.2, -0.15) is 5.10 Å². The Bertz CT molecular complexity index is 1350. The van der Waals surface area contributed by atoms with Crippen LogP contribution >= 0.6 is 11.6 Å². The van der Waals surface area contributed by atoms with Crippen molar-refractivity contribution in [3.8, 4) is 0 Å². The lowest BCUT2D eigenvalue weighted by atomic mass is 9.85. The van der Waals surface area contributed by atoms with Crippen LogP contribution in [0.3, 0.4) is 0 Å². The summed E-state index contributed by atoms with van der Waals surface area (Å²) < 4.78 is 9.38. The fourth-order valence-electron chi connectivity index (χ4n) is 6.26. The number of carboxylic acids is 1. The smallest absolute Gasteiger partial charge is 0.414 e. The lowest BCUT2D eigenvalue weighted by Gasteiger charge is -2.34. The molecule has 1 N–H and O–H groups in total. The van der Waals surface area contributed by atoms with E-state index in [4.69, 9.17) is 21.3 Å². The van der Waals surface area contributed by atoms with E-state index in [1.807, 2.05) is 23.9 Å². The van der Waals surface area contributed by atoms with Crippen LogP contribution in [0.15, 0.2) is 24.5 Å². The number of ether oxygens (including phenoxy) is 1. The number of nitrogens with zero attached hydrogens (tertiary/aromatic N) is 5. The SMILES string of the molecule is COC(=O)N1c2ccc3c(nc(C4(n5cc(Cl)cn5)CC4)n3C3CCC(C(=O)O)CC3)c2CC[C@@H]1C. The van der Waals surface area contributed by atoms with Crippen molar-refractivity contribution in [2.75, 3.05) is 12.0 Å². The number of fused-ring (bicyclic) bond motifs is 3. The predicted molar refractivity (Wildman–Crippen MR) is 135 cm³/mol. The zero-order valence-corrected chi connectivity index (χ0v) is 21.2. The second kappa shape index (κ2) is 8.50. The van der Waals surface area contributed by atoms with Crippen LogP contribution in [0.2, 0.25) is 5.02 Å². The molecule has 1 amide bonds. The second-order valence-corrected chi connectivity index (χ2v) is 10.9. The normalized spacial score (nSPS) is 25.0. The molecule has 0 spiro atoms. The van der Waals surface area contributed by atoms with Gasteiger partial charge in [-0.1, -0.05) is 11.6 Å². The number of rotatable bonds is 4. The number of aromatic nitrogens is 4. The molecule has 2 aliphatic carbocycles. The van der Waals surface area contributed by atoms with E-state index in [0.717, 1.165) is 66.6 Å². The van der Waals surface area contributed by atoms with Gasteiger partial charge in [0.1, 0.15) is 11.4 Å². The van der Waals surface area contributed by atoms with Gasteiger partial charge in [-0.05, 0) is 70.4 Å². The largest absolute Gasteiger partial charge is 0.481 e.